The van der Waals surface area contributed by atoms with Crippen LogP contribution < -0.4 is 15.2 Å². The third-order valence-corrected chi connectivity index (χ3v) is 7.48. The first-order valence-corrected chi connectivity index (χ1v) is 15.4. The van der Waals surface area contributed by atoms with E-state index in [1.54, 1.807) is 29.0 Å². The Bertz CT molecular complexity index is 1420. The number of nitrogens with zero attached hydrogens (tertiary/aromatic N) is 3. The lowest BCUT2D eigenvalue weighted by atomic mass is 9.89. The van der Waals surface area contributed by atoms with Gasteiger partial charge >= 0.3 is 17.9 Å². The van der Waals surface area contributed by atoms with Crippen LogP contribution in [0.1, 0.15) is 77.8 Å². The average Bonchev–Trinajstić information content (AvgIpc) is 2.99. The fourth-order valence-corrected chi connectivity index (χ4v) is 5.16. The number of rotatable bonds is 5. The Morgan fingerprint density at radius 3 is 1.93 bits per heavy atom. The predicted octanol–water partition coefficient (Wildman–Crippen LogP) is 7.02. The van der Waals surface area contributed by atoms with Gasteiger partial charge < -0.3 is 34.5 Å². The lowest BCUT2D eigenvalue weighted by Gasteiger charge is -2.33. The highest BCUT2D eigenvalue weighted by Gasteiger charge is 2.28. The van der Waals surface area contributed by atoms with Gasteiger partial charge in [0.1, 0.15) is 17.0 Å². The quantitative estimate of drug-likeness (QED) is 0.207. The predicted molar refractivity (Wildman–Crippen MR) is 177 cm³/mol. The Labute approximate surface area is 271 Å². The highest BCUT2D eigenvalue weighted by molar-refractivity contribution is 5.74. The van der Waals surface area contributed by atoms with Gasteiger partial charge in [0, 0.05) is 32.2 Å². The van der Waals surface area contributed by atoms with Gasteiger partial charge in [0.25, 0.3) is 0 Å². The summed E-state index contributed by atoms with van der Waals surface area (Å²) in [6.07, 6.45) is 3.88. The highest BCUT2D eigenvalue weighted by Crippen LogP contribution is 2.34. The smallest absolute Gasteiger partial charge is 0.410 e. The van der Waals surface area contributed by atoms with E-state index in [9.17, 15) is 19.7 Å². The largest absolute Gasteiger partial charge is 0.495 e. The summed E-state index contributed by atoms with van der Waals surface area (Å²) < 4.78 is 21.2. The third-order valence-electron chi connectivity index (χ3n) is 7.48. The Hall–Kier alpha value is -4.48. The molecule has 0 atom stereocenters. The summed E-state index contributed by atoms with van der Waals surface area (Å²) in [5.41, 5.74) is 8.59. The van der Waals surface area contributed by atoms with Crippen molar-refractivity contribution in [2.45, 2.75) is 77.9 Å². The first-order chi connectivity index (χ1) is 21.5. The van der Waals surface area contributed by atoms with E-state index in [1.165, 1.54) is 18.7 Å². The molecule has 12 heteroatoms. The summed E-state index contributed by atoms with van der Waals surface area (Å²) in [5, 5.41) is 11.0. The molecule has 2 amide bonds. The molecular weight excluding hydrogens is 592 g/mol. The van der Waals surface area contributed by atoms with Crippen molar-refractivity contribution in [1.29, 1.82) is 0 Å². The molecule has 12 nitrogen and oxygen atoms in total. The molecule has 0 radical (unpaired) electrons. The molecule has 2 N–H and O–H groups in total. The van der Waals surface area contributed by atoms with E-state index in [0.29, 0.717) is 50.0 Å². The van der Waals surface area contributed by atoms with Crippen molar-refractivity contribution in [2.24, 2.45) is 0 Å². The lowest BCUT2D eigenvalue weighted by Crippen LogP contribution is -2.41. The summed E-state index contributed by atoms with van der Waals surface area (Å²) in [7, 11) is 3.03. The van der Waals surface area contributed by atoms with Crippen LogP contribution in [0, 0.1) is 10.1 Å². The van der Waals surface area contributed by atoms with Crippen LogP contribution in [0.2, 0.25) is 0 Å². The van der Waals surface area contributed by atoms with E-state index in [0.717, 1.165) is 24.0 Å². The van der Waals surface area contributed by atoms with Crippen LogP contribution in [0.25, 0.3) is 5.57 Å². The number of hydrogen-bond acceptors (Lipinski definition) is 9. The number of hydrogen-bond donors (Lipinski definition) is 1. The number of nitrogen functional groups attached to an aromatic ring is 1. The van der Waals surface area contributed by atoms with Crippen LogP contribution in [-0.4, -0.2) is 78.5 Å². The zero-order chi connectivity index (χ0) is 34.2. The maximum absolute atomic E-state index is 12.1. The molecule has 0 unspecified atom stereocenters. The van der Waals surface area contributed by atoms with Gasteiger partial charge in [0.15, 0.2) is 5.75 Å². The minimum Gasteiger partial charge on any atom is -0.495 e. The van der Waals surface area contributed by atoms with Crippen molar-refractivity contribution in [3.8, 4) is 11.5 Å². The van der Waals surface area contributed by atoms with Crippen molar-refractivity contribution in [2.75, 3.05) is 46.1 Å². The third kappa shape index (κ3) is 10.3. The van der Waals surface area contributed by atoms with E-state index in [2.05, 4.69) is 0 Å². The Morgan fingerprint density at radius 2 is 1.43 bits per heavy atom. The van der Waals surface area contributed by atoms with Crippen molar-refractivity contribution in [3.63, 3.8) is 0 Å². The summed E-state index contributed by atoms with van der Waals surface area (Å²) in [6, 6.07) is 10.7. The normalized spacial score (nSPS) is 15.6. The van der Waals surface area contributed by atoms with Gasteiger partial charge in [-0.05, 0) is 108 Å². The molecule has 2 aromatic rings. The number of nitro groups is 1. The molecule has 2 heterocycles. The first-order valence-electron chi connectivity index (χ1n) is 15.4. The van der Waals surface area contributed by atoms with Crippen LogP contribution in [-0.2, 0) is 9.47 Å². The number of anilines is 1. The van der Waals surface area contributed by atoms with E-state index < -0.39 is 16.1 Å². The standard InChI is InChI=1S/C17H22N2O5.C17H26N2O3/c1-17(2,3)24-16(20)18-9-7-12(8-10-18)13-5-6-14(19(21)22)15(11-13)23-4;1-17(2,3)22-16(20)19-9-7-12(8-10-19)13-5-6-14(18)15(11-13)21-4/h5-7,11H,8-10H2,1-4H3;5-6,11-12H,7-10,18H2,1-4H3. The molecule has 4 rings (SSSR count). The second-order valence-corrected chi connectivity index (χ2v) is 13.3. The average molecular weight is 641 g/mol. The molecule has 0 saturated carbocycles. The topological polar surface area (TPSA) is 147 Å². The fourth-order valence-electron chi connectivity index (χ4n) is 5.16. The summed E-state index contributed by atoms with van der Waals surface area (Å²) in [5.74, 6) is 1.37. The molecule has 2 aliphatic heterocycles. The van der Waals surface area contributed by atoms with Crippen molar-refractivity contribution < 1.29 is 33.5 Å². The van der Waals surface area contributed by atoms with E-state index in [-0.39, 0.29) is 23.6 Å². The molecule has 2 aliphatic rings. The fraction of sp³-hybridized carbons (Fsp3) is 0.529. The van der Waals surface area contributed by atoms with E-state index >= 15 is 0 Å². The molecule has 0 aliphatic carbocycles. The molecule has 1 saturated heterocycles. The van der Waals surface area contributed by atoms with Gasteiger partial charge in [-0.1, -0.05) is 12.1 Å². The summed E-state index contributed by atoms with van der Waals surface area (Å²) >= 11 is 0. The number of benzene rings is 2. The van der Waals surface area contributed by atoms with Crippen LogP contribution in [0.5, 0.6) is 11.5 Å². The van der Waals surface area contributed by atoms with E-state index in [4.69, 9.17) is 24.7 Å². The van der Waals surface area contributed by atoms with Crippen LogP contribution in [0.4, 0.5) is 21.0 Å². The SMILES string of the molecule is COc1cc(C2=CCN(C(=O)OC(C)(C)C)CC2)ccc1[N+](=O)[O-].COc1cc(C2CCN(C(=O)OC(C)(C)C)CC2)ccc1N. The minimum absolute atomic E-state index is 0.0620. The van der Waals surface area contributed by atoms with Gasteiger partial charge in [-0.3, -0.25) is 10.1 Å². The molecule has 0 spiro atoms. The number of methoxy groups -OCH3 is 2. The molecule has 1 fully saturated rings. The van der Waals surface area contributed by atoms with Gasteiger partial charge in [0.2, 0.25) is 0 Å². The molecule has 0 bridgehead atoms. The maximum Gasteiger partial charge on any atom is 0.410 e. The van der Waals surface area contributed by atoms with Gasteiger partial charge in [0.05, 0.1) is 24.8 Å². The van der Waals surface area contributed by atoms with Crippen LogP contribution >= 0.6 is 0 Å². The van der Waals surface area contributed by atoms with Crippen molar-refractivity contribution in [3.05, 3.63) is 63.7 Å². The number of carbonyl (C=O) groups excluding carboxylic acids is 2. The number of likely N-dealkylation sites (tertiary alicyclic amines) is 1. The van der Waals surface area contributed by atoms with Crippen LogP contribution in [0.3, 0.4) is 0 Å². The molecule has 0 aromatic heterocycles. The number of amides is 2. The minimum atomic E-state index is -0.521. The lowest BCUT2D eigenvalue weighted by molar-refractivity contribution is -0.385. The zero-order valence-electron chi connectivity index (χ0n) is 28.3. The van der Waals surface area contributed by atoms with Crippen molar-refractivity contribution >= 4 is 29.1 Å². The summed E-state index contributed by atoms with van der Waals surface area (Å²) in [4.78, 5) is 38.0. The number of nitrogens with two attached hydrogens (primary N) is 1. The number of carbonyl (C=O) groups is 2. The maximum atomic E-state index is 12.1. The molecule has 2 aromatic carbocycles. The zero-order valence-corrected chi connectivity index (χ0v) is 28.3. The second-order valence-electron chi connectivity index (χ2n) is 13.3. The monoisotopic (exact) mass is 640 g/mol. The molecule has 252 valence electrons. The highest BCUT2D eigenvalue weighted by atomic mass is 16.6. The Morgan fingerprint density at radius 1 is 0.848 bits per heavy atom. The van der Waals surface area contributed by atoms with Gasteiger partial charge in [-0.25, -0.2) is 9.59 Å². The van der Waals surface area contributed by atoms with Gasteiger partial charge in [-0.2, -0.15) is 0 Å². The number of ether oxygens (including phenoxy) is 4. The number of nitro benzene ring substituents is 1. The van der Waals surface area contributed by atoms with Crippen LogP contribution in [0.15, 0.2) is 42.5 Å². The van der Waals surface area contributed by atoms with Crippen molar-refractivity contribution in [1.82, 2.24) is 9.80 Å². The second kappa shape index (κ2) is 15.2. The first kappa shape index (κ1) is 36.0. The molecular formula is C34H48N4O8. The van der Waals surface area contributed by atoms with E-state index in [1.807, 2.05) is 65.8 Å². The summed E-state index contributed by atoms with van der Waals surface area (Å²) in [6.45, 7) is 13.6. The van der Waals surface area contributed by atoms with Gasteiger partial charge in [-0.15, -0.1) is 0 Å². The number of piperidine rings is 1. The Kier molecular flexibility index (Phi) is 11.9. The molecule has 46 heavy (non-hydrogen) atoms. The Balaban J connectivity index is 0.000000251.